The van der Waals surface area contributed by atoms with E-state index in [0.717, 1.165) is 24.2 Å². The average molecular weight is 196 g/mol. The summed E-state index contributed by atoms with van der Waals surface area (Å²) >= 11 is 0. The van der Waals surface area contributed by atoms with E-state index in [4.69, 9.17) is 0 Å². The van der Waals surface area contributed by atoms with Crippen LogP contribution in [0.4, 0.5) is 0 Å². The standard InChI is InChI=1S/C13H24O/c1-3-5-9(2)8-12(14)13-10-6-4-7-11(10)13/h9-14H,3-8H2,1-2H3. The molecule has 1 nitrogen and oxygen atoms in total. The molecule has 1 heteroatoms. The highest BCUT2D eigenvalue weighted by atomic mass is 16.3. The summed E-state index contributed by atoms with van der Waals surface area (Å²) in [6.45, 7) is 4.51. The van der Waals surface area contributed by atoms with Gasteiger partial charge < -0.3 is 5.11 Å². The van der Waals surface area contributed by atoms with Gasteiger partial charge in [-0.2, -0.15) is 0 Å². The molecule has 2 aliphatic carbocycles. The van der Waals surface area contributed by atoms with Gasteiger partial charge in [0.25, 0.3) is 0 Å². The Labute approximate surface area is 87.9 Å². The molecule has 2 aliphatic rings. The first kappa shape index (κ1) is 10.5. The Bertz CT molecular complexity index is 180. The third-order valence-corrected chi connectivity index (χ3v) is 4.34. The van der Waals surface area contributed by atoms with Gasteiger partial charge in [0.2, 0.25) is 0 Å². The van der Waals surface area contributed by atoms with Gasteiger partial charge in [-0.05, 0) is 42.9 Å². The van der Waals surface area contributed by atoms with Crippen molar-refractivity contribution in [3.05, 3.63) is 0 Å². The summed E-state index contributed by atoms with van der Waals surface area (Å²) < 4.78 is 0. The number of hydrogen-bond donors (Lipinski definition) is 1. The van der Waals surface area contributed by atoms with E-state index in [1.54, 1.807) is 0 Å². The van der Waals surface area contributed by atoms with Crippen LogP contribution >= 0.6 is 0 Å². The largest absolute Gasteiger partial charge is 0.393 e. The average Bonchev–Trinajstić information content (AvgIpc) is 2.61. The van der Waals surface area contributed by atoms with Crippen molar-refractivity contribution in [3.63, 3.8) is 0 Å². The molecule has 82 valence electrons. The smallest absolute Gasteiger partial charge is 0.0576 e. The molecule has 0 heterocycles. The second kappa shape index (κ2) is 4.22. The molecule has 0 aromatic carbocycles. The normalized spacial score (nSPS) is 39.2. The van der Waals surface area contributed by atoms with E-state index in [1.165, 1.54) is 32.1 Å². The second-order valence-electron chi connectivity index (χ2n) is 5.53. The monoisotopic (exact) mass is 196 g/mol. The van der Waals surface area contributed by atoms with Crippen LogP contribution in [0.15, 0.2) is 0 Å². The minimum atomic E-state index is 0.0202. The van der Waals surface area contributed by atoms with Crippen LogP contribution in [0.2, 0.25) is 0 Å². The molecule has 0 spiro atoms. The summed E-state index contributed by atoms with van der Waals surface area (Å²) in [6, 6.07) is 0. The highest BCUT2D eigenvalue weighted by Crippen LogP contribution is 2.59. The molecule has 2 saturated carbocycles. The lowest BCUT2D eigenvalue weighted by atomic mass is 9.94. The van der Waals surface area contributed by atoms with Crippen molar-refractivity contribution < 1.29 is 5.11 Å². The lowest BCUT2D eigenvalue weighted by Gasteiger charge is -2.17. The van der Waals surface area contributed by atoms with Crippen LogP contribution in [0.5, 0.6) is 0 Å². The van der Waals surface area contributed by atoms with Gasteiger partial charge in [0.15, 0.2) is 0 Å². The van der Waals surface area contributed by atoms with E-state index in [-0.39, 0.29) is 6.10 Å². The van der Waals surface area contributed by atoms with Crippen molar-refractivity contribution in [1.29, 1.82) is 0 Å². The fourth-order valence-corrected chi connectivity index (χ4v) is 3.63. The maximum absolute atomic E-state index is 10.1. The van der Waals surface area contributed by atoms with E-state index in [2.05, 4.69) is 13.8 Å². The highest BCUT2D eigenvalue weighted by molar-refractivity contribution is 5.04. The van der Waals surface area contributed by atoms with Crippen LogP contribution in [0, 0.1) is 23.7 Å². The number of fused-ring (bicyclic) bond motifs is 1. The lowest BCUT2D eigenvalue weighted by Crippen LogP contribution is -2.16. The zero-order valence-electron chi connectivity index (χ0n) is 9.58. The molecule has 0 aliphatic heterocycles. The number of aliphatic hydroxyl groups excluding tert-OH is 1. The quantitative estimate of drug-likeness (QED) is 0.716. The van der Waals surface area contributed by atoms with Crippen molar-refractivity contribution >= 4 is 0 Å². The third-order valence-electron chi connectivity index (χ3n) is 4.34. The highest BCUT2D eigenvalue weighted by Gasteiger charge is 2.55. The molecule has 1 N–H and O–H groups in total. The summed E-state index contributed by atoms with van der Waals surface area (Å²) in [6.07, 6.45) is 7.81. The Hall–Kier alpha value is -0.0400. The van der Waals surface area contributed by atoms with Crippen LogP contribution in [0.25, 0.3) is 0 Å². The number of rotatable bonds is 5. The topological polar surface area (TPSA) is 20.2 Å². The second-order valence-corrected chi connectivity index (χ2v) is 5.53. The van der Waals surface area contributed by atoms with Gasteiger partial charge in [0.05, 0.1) is 6.10 Å². The third kappa shape index (κ3) is 1.98. The molecule has 14 heavy (non-hydrogen) atoms. The van der Waals surface area contributed by atoms with Crippen LogP contribution in [-0.2, 0) is 0 Å². The van der Waals surface area contributed by atoms with Gasteiger partial charge in [-0.1, -0.05) is 33.1 Å². The molecular formula is C13H24O. The molecule has 2 rings (SSSR count). The van der Waals surface area contributed by atoms with Crippen molar-refractivity contribution in [1.82, 2.24) is 0 Å². The first-order chi connectivity index (χ1) is 6.74. The molecule has 4 unspecified atom stereocenters. The maximum atomic E-state index is 10.1. The van der Waals surface area contributed by atoms with E-state index in [1.807, 2.05) is 0 Å². The summed E-state index contributed by atoms with van der Waals surface area (Å²) in [4.78, 5) is 0. The number of hydrogen-bond acceptors (Lipinski definition) is 1. The lowest BCUT2D eigenvalue weighted by molar-refractivity contribution is 0.108. The van der Waals surface area contributed by atoms with Gasteiger partial charge in [-0.25, -0.2) is 0 Å². The predicted molar refractivity (Wildman–Crippen MR) is 59.0 cm³/mol. The number of aliphatic hydroxyl groups is 1. The van der Waals surface area contributed by atoms with Gasteiger partial charge in [0, 0.05) is 0 Å². The zero-order valence-corrected chi connectivity index (χ0v) is 9.58. The van der Waals surface area contributed by atoms with Gasteiger partial charge in [-0.3, -0.25) is 0 Å². The molecular weight excluding hydrogens is 172 g/mol. The summed E-state index contributed by atoms with van der Waals surface area (Å²) in [5.41, 5.74) is 0. The van der Waals surface area contributed by atoms with E-state index in [9.17, 15) is 5.11 Å². The Morgan fingerprint density at radius 3 is 2.50 bits per heavy atom. The minimum Gasteiger partial charge on any atom is -0.393 e. The van der Waals surface area contributed by atoms with Gasteiger partial charge in [-0.15, -0.1) is 0 Å². The Balaban J connectivity index is 1.71. The summed E-state index contributed by atoms with van der Waals surface area (Å²) in [5, 5.41) is 10.1. The first-order valence-electron chi connectivity index (χ1n) is 6.42. The first-order valence-corrected chi connectivity index (χ1v) is 6.42. The fourth-order valence-electron chi connectivity index (χ4n) is 3.63. The molecule has 0 bridgehead atoms. The zero-order chi connectivity index (χ0) is 10.1. The van der Waals surface area contributed by atoms with Gasteiger partial charge >= 0.3 is 0 Å². The Morgan fingerprint density at radius 2 is 1.93 bits per heavy atom. The molecule has 0 aromatic heterocycles. The van der Waals surface area contributed by atoms with Crippen LogP contribution < -0.4 is 0 Å². The van der Waals surface area contributed by atoms with E-state index >= 15 is 0 Å². The molecule has 2 fully saturated rings. The molecule has 0 amide bonds. The van der Waals surface area contributed by atoms with Gasteiger partial charge in [0.1, 0.15) is 0 Å². The predicted octanol–water partition coefficient (Wildman–Crippen LogP) is 3.22. The SMILES string of the molecule is CCCC(C)CC(O)C1C2CCCC21. The molecule has 0 saturated heterocycles. The molecule has 4 atom stereocenters. The van der Waals surface area contributed by atoms with Crippen molar-refractivity contribution in [3.8, 4) is 0 Å². The summed E-state index contributed by atoms with van der Waals surface area (Å²) in [5.74, 6) is 3.25. The van der Waals surface area contributed by atoms with E-state index < -0.39 is 0 Å². The van der Waals surface area contributed by atoms with Crippen molar-refractivity contribution in [2.24, 2.45) is 23.7 Å². The minimum absolute atomic E-state index is 0.0202. The van der Waals surface area contributed by atoms with Crippen molar-refractivity contribution in [2.45, 2.75) is 58.5 Å². The summed E-state index contributed by atoms with van der Waals surface area (Å²) in [7, 11) is 0. The van der Waals surface area contributed by atoms with Crippen LogP contribution in [0.3, 0.4) is 0 Å². The molecule has 0 radical (unpaired) electrons. The van der Waals surface area contributed by atoms with Crippen molar-refractivity contribution in [2.75, 3.05) is 0 Å². The van der Waals surface area contributed by atoms with E-state index in [0.29, 0.717) is 5.92 Å². The Morgan fingerprint density at radius 1 is 1.29 bits per heavy atom. The fraction of sp³-hybridized carbons (Fsp3) is 1.00. The maximum Gasteiger partial charge on any atom is 0.0576 e. The van der Waals surface area contributed by atoms with Crippen LogP contribution in [0.1, 0.15) is 52.4 Å². The Kier molecular flexibility index (Phi) is 3.16. The molecule has 0 aromatic rings. The van der Waals surface area contributed by atoms with Crippen LogP contribution in [-0.4, -0.2) is 11.2 Å².